The molecule has 0 spiro atoms. The van der Waals surface area contributed by atoms with Crippen LogP contribution < -0.4 is 0 Å². The molecule has 0 bridgehead atoms. The van der Waals surface area contributed by atoms with E-state index in [1.807, 2.05) is 0 Å². The summed E-state index contributed by atoms with van der Waals surface area (Å²) in [5, 5.41) is 1.15. The predicted octanol–water partition coefficient (Wildman–Crippen LogP) is 4.04. The van der Waals surface area contributed by atoms with Crippen LogP contribution in [-0.2, 0) is 10.0 Å². The molecule has 2 heterocycles. The van der Waals surface area contributed by atoms with Gasteiger partial charge >= 0.3 is 0 Å². The second kappa shape index (κ2) is 6.45. The highest BCUT2D eigenvalue weighted by molar-refractivity contribution is 9.10. The van der Waals surface area contributed by atoms with Crippen molar-refractivity contribution in [3.63, 3.8) is 0 Å². The van der Waals surface area contributed by atoms with E-state index in [9.17, 15) is 8.42 Å². The van der Waals surface area contributed by atoms with Crippen LogP contribution >= 0.6 is 50.9 Å². The lowest BCUT2D eigenvalue weighted by Crippen LogP contribution is -2.38. The van der Waals surface area contributed by atoms with E-state index in [0.717, 1.165) is 11.5 Å². The van der Waals surface area contributed by atoms with E-state index in [0.29, 0.717) is 33.5 Å². The Morgan fingerprint density at radius 1 is 1.23 bits per heavy atom. The molecule has 0 N–H and O–H groups in total. The van der Waals surface area contributed by atoms with E-state index in [-0.39, 0.29) is 9.92 Å². The van der Waals surface area contributed by atoms with Gasteiger partial charge in [0.1, 0.15) is 4.90 Å². The molecule has 1 saturated heterocycles. The van der Waals surface area contributed by atoms with Crippen LogP contribution in [0.4, 0.5) is 0 Å². The molecule has 0 aliphatic carbocycles. The zero-order valence-corrected chi connectivity index (χ0v) is 16.0. The van der Waals surface area contributed by atoms with E-state index in [1.54, 1.807) is 23.9 Å². The molecular weight excluding hydrogens is 431 g/mol. The van der Waals surface area contributed by atoms with Gasteiger partial charge in [0.2, 0.25) is 10.0 Å². The molecule has 2 aromatic rings. The Labute approximate surface area is 151 Å². The molecule has 0 saturated carbocycles. The molecule has 4 nitrogen and oxygen atoms in total. The third-order valence-corrected chi connectivity index (χ3v) is 7.57. The van der Waals surface area contributed by atoms with Crippen LogP contribution in [0, 0.1) is 0 Å². The van der Waals surface area contributed by atoms with E-state index >= 15 is 0 Å². The minimum Gasteiger partial charge on any atom is -0.254 e. The van der Waals surface area contributed by atoms with Crippen molar-refractivity contribution in [2.45, 2.75) is 4.90 Å². The number of hydrogen-bond donors (Lipinski definition) is 0. The van der Waals surface area contributed by atoms with Crippen molar-refractivity contribution in [2.24, 2.45) is 0 Å². The van der Waals surface area contributed by atoms with Crippen LogP contribution in [0.3, 0.4) is 0 Å². The zero-order chi connectivity index (χ0) is 15.9. The minimum atomic E-state index is -3.64. The lowest BCUT2D eigenvalue weighted by Gasteiger charge is -2.26. The number of rotatable bonds is 2. The van der Waals surface area contributed by atoms with Gasteiger partial charge in [-0.05, 0) is 28.1 Å². The zero-order valence-electron chi connectivity index (χ0n) is 11.2. The Bertz CT molecular complexity index is 840. The summed E-state index contributed by atoms with van der Waals surface area (Å²) in [7, 11) is -3.64. The van der Waals surface area contributed by atoms with Crippen molar-refractivity contribution in [1.82, 2.24) is 9.29 Å². The number of hydrogen-bond acceptors (Lipinski definition) is 4. The van der Waals surface area contributed by atoms with Gasteiger partial charge in [0.25, 0.3) is 0 Å². The maximum Gasteiger partial charge on any atom is 0.246 e. The smallest absolute Gasteiger partial charge is 0.246 e. The van der Waals surface area contributed by atoms with Crippen LogP contribution in [0.25, 0.3) is 10.9 Å². The van der Waals surface area contributed by atoms with Crippen LogP contribution in [0.1, 0.15) is 0 Å². The van der Waals surface area contributed by atoms with Crippen LogP contribution in [-0.4, -0.2) is 42.3 Å². The van der Waals surface area contributed by atoms with Gasteiger partial charge in [0.15, 0.2) is 0 Å². The monoisotopic (exact) mass is 440 g/mol. The standard InChI is InChI=1S/C13H11BrCl2N2O2S2/c14-10-6-8(15)5-9-12(16)11(7-17-13(9)10)22(19,20)18-1-3-21-4-2-18/h5-7H,1-4H2. The Morgan fingerprint density at radius 3 is 2.59 bits per heavy atom. The SMILES string of the molecule is O=S(=O)(c1cnc2c(Br)cc(Cl)cc2c1Cl)N1CCSCC1. The first-order valence-electron chi connectivity index (χ1n) is 6.42. The van der Waals surface area contributed by atoms with Crippen molar-refractivity contribution < 1.29 is 8.42 Å². The topological polar surface area (TPSA) is 50.3 Å². The maximum absolute atomic E-state index is 12.8. The summed E-state index contributed by atoms with van der Waals surface area (Å²) in [6, 6.07) is 3.32. The minimum absolute atomic E-state index is 0.0303. The molecule has 1 aromatic carbocycles. The summed E-state index contributed by atoms with van der Waals surface area (Å²) in [5.41, 5.74) is 0.586. The molecule has 0 amide bonds. The molecular formula is C13H11BrCl2N2O2S2. The highest BCUT2D eigenvalue weighted by atomic mass is 79.9. The Kier molecular flexibility index (Phi) is 4.93. The highest BCUT2D eigenvalue weighted by Gasteiger charge is 2.29. The van der Waals surface area contributed by atoms with Crippen molar-refractivity contribution in [1.29, 1.82) is 0 Å². The van der Waals surface area contributed by atoms with Crippen molar-refractivity contribution in [2.75, 3.05) is 24.6 Å². The van der Waals surface area contributed by atoms with Crippen molar-refractivity contribution >= 4 is 71.8 Å². The Morgan fingerprint density at radius 2 is 1.91 bits per heavy atom. The van der Waals surface area contributed by atoms with Crippen molar-refractivity contribution in [3.05, 3.63) is 32.8 Å². The average Bonchev–Trinajstić information content (AvgIpc) is 2.49. The van der Waals surface area contributed by atoms with Gasteiger partial charge in [-0.1, -0.05) is 23.2 Å². The molecule has 1 fully saturated rings. The number of thioether (sulfide) groups is 1. The third-order valence-electron chi connectivity index (χ3n) is 3.38. The first-order valence-corrected chi connectivity index (χ1v) is 10.6. The Balaban J connectivity index is 2.17. The fraction of sp³-hybridized carbons (Fsp3) is 0.308. The number of halogens is 3. The number of sulfonamides is 1. The number of nitrogens with zero attached hydrogens (tertiary/aromatic N) is 2. The molecule has 9 heteroatoms. The number of fused-ring (bicyclic) bond motifs is 1. The molecule has 0 unspecified atom stereocenters. The normalized spacial score (nSPS) is 17.0. The van der Waals surface area contributed by atoms with Crippen LogP contribution in [0.15, 0.2) is 27.7 Å². The second-order valence-electron chi connectivity index (χ2n) is 4.74. The summed E-state index contributed by atoms with van der Waals surface area (Å²) in [6.45, 7) is 0.973. The maximum atomic E-state index is 12.8. The van der Waals surface area contributed by atoms with Gasteiger partial charge < -0.3 is 0 Å². The predicted molar refractivity (Wildman–Crippen MR) is 95.5 cm³/mol. The molecule has 118 valence electrons. The summed E-state index contributed by atoms with van der Waals surface area (Å²) in [4.78, 5) is 4.27. The number of benzene rings is 1. The molecule has 3 rings (SSSR count). The molecule has 1 aromatic heterocycles. The second-order valence-corrected chi connectivity index (χ2v) is 9.54. The number of aromatic nitrogens is 1. The van der Waals surface area contributed by atoms with E-state index in [4.69, 9.17) is 23.2 Å². The van der Waals surface area contributed by atoms with Crippen LogP contribution in [0.2, 0.25) is 10.0 Å². The highest BCUT2D eigenvalue weighted by Crippen LogP contribution is 2.36. The van der Waals surface area contributed by atoms with Crippen molar-refractivity contribution in [3.8, 4) is 0 Å². The van der Waals surface area contributed by atoms with Gasteiger partial charge in [0, 0.05) is 45.7 Å². The summed E-state index contributed by atoms with van der Waals surface area (Å²) in [6.07, 6.45) is 1.32. The van der Waals surface area contributed by atoms with Crippen LogP contribution in [0.5, 0.6) is 0 Å². The largest absolute Gasteiger partial charge is 0.254 e. The van der Waals surface area contributed by atoms with Gasteiger partial charge in [-0.25, -0.2) is 8.42 Å². The fourth-order valence-electron chi connectivity index (χ4n) is 2.28. The summed E-state index contributed by atoms with van der Waals surface area (Å²) in [5.74, 6) is 1.57. The summed E-state index contributed by atoms with van der Waals surface area (Å²) >= 11 is 17.5. The molecule has 1 aliphatic heterocycles. The molecule has 0 atom stereocenters. The van der Waals surface area contributed by atoms with Gasteiger partial charge in [0.05, 0.1) is 10.5 Å². The lowest BCUT2D eigenvalue weighted by molar-refractivity contribution is 0.443. The van der Waals surface area contributed by atoms with E-state index in [1.165, 1.54) is 10.5 Å². The average molecular weight is 442 g/mol. The molecule has 1 aliphatic rings. The fourth-order valence-corrected chi connectivity index (χ4v) is 6.28. The van der Waals surface area contributed by atoms with Gasteiger partial charge in [-0.3, -0.25) is 4.98 Å². The van der Waals surface area contributed by atoms with Gasteiger partial charge in [-0.15, -0.1) is 0 Å². The first kappa shape index (κ1) is 16.8. The van der Waals surface area contributed by atoms with E-state index in [2.05, 4.69) is 20.9 Å². The lowest BCUT2D eigenvalue weighted by atomic mass is 10.2. The summed E-state index contributed by atoms with van der Waals surface area (Å²) < 4.78 is 27.7. The molecule has 22 heavy (non-hydrogen) atoms. The Hall–Kier alpha value is -0.0500. The van der Waals surface area contributed by atoms with Gasteiger partial charge in [-0.2, -0.15) is 16.1 Å². The molecule has 0 radical (unpaired) electrons. The third kappa shape index (κ3) is 2.99. The quantitative estimate of drug-likeness (QED) is 0.705. The number of pyridine rings is 1. The van der Waals surface area contributed by atoms with E-state index < -0.39 is 10.0 Å². The first-order chi connectivity index (χ1) is 10.4.